The molecule has 2 heterocycles. The first-order chi connectivity index (χ1) is 16.5. The van der Waals surface area contributed by atoms with Crippen LogP contribution in [0.5, 0.6) is 0 Å². The van der Waals surface area contributed by atoms with Gasteiger partial charge in [0.15, 0.2) is 0 Å². The van der Waals surface area contributed by atoms with Crippen LogP contribution in [0.1, 0.15) is 49.6 Å². The Hall–Kier alpha value is -3.32. The molecule has 2 aromatic carbocycles. The van der Waals surface area contributed by atoms with Gasteiger partial charge in [-0.2, -0.15) is 0 Å². The molecule has 0 bridgehead atoms. The number of hydrogen-bond donors (Lipinski definition) is 3. The molecular weight excluding hydrogens is 430 g/mol. The number of ether oxygens (including phenoxy) is 2. The van der Waals surface area contributed by atoms with Crippen LogP contribution in [0.4, 0.5) is 4.79 Å². The maximum absolute atomic E-state index is 12.7. The van der Waals surface area contributed by atoms with Gasteiger partial charge < -0.3 is 25.1 Å². The number of nitrogens with one attached hydrogen (secondary N) is 3. The number of fused-ring (bicyclic) bond motifs is 3. The van der Waals surface area contributed by atoms with Crippen molar-refractivity contribution in [1.82, 2.24) is 15.6 Å². The van der Waals surface area contributed by atoms with E-state index in [0.717, 1.165) is 29.7 Å². The minimum absolute atomic E-state index is 0.168. The monoisotopic (exact) mass is 463 g/mol. The van der Waals surface area contributed by atoms with E-state index in [4.69, 9.17) is 9.47 Å². The average Bonchev–Trinajstić information content (AvgIpc) is 3.23. The predicted molar refractivity (Wildman–Crippen MR) is 131 cm³/mol. The van der Waals surface area contributed by atoms with Crippen LogP contribution in [0.2, 0.25) is 0 Å². The van der Waals surface area contributed by atoms with E-state index < -0.39 is 6.09 Å². The van der Waals surface area contributed by atoms with Crippen molar-refractivity contribution < 1.29 is 19.1 Å². The topological polar surface area (TPSA) is 92.4 Å². The highest BCUT2D eigenvalue weighted by Crippen LogP contribution is 2.32. The maximum Gasteiger partial charge on any atom is 0.407 e. The zero-order valence-electron chi connectivity index (χ0n) is 19.8. The van der Waals surface area contributed by atoms with Crippen LogP contribution in [0.3, 0.4) is 0 Å². The Morgan fingerprint density at radius 2 is 1.82 bits per heavy atom. The smallest absolute Gasteiger partial charge is 0.407 e. The third-order valence-corrected chi connectivity index (χ3v) is 6.05. The summed E-state index contributed by atoms with van der Waals surface area (Å²) in [5.74, 6) is 0.0191. The normalized spacial score (nSPS) is 16.1. The minimum atomic E-state index is -0.505. The number of benzene rings is 2. The van der Waals surface area contributed by atoms with Crippen molar-refractivity contribution in [3.63, 3.8) is 0 Å². The van der Waals surface area contributed by atoms with Crippen molar-refractivity contribution in [3.8, 4) is 0 Å². The van der Waals surface area contributed by atoms with Gasteiger partial charge in [0.2, 0.25) is 0 Å². The van der Waals surface area contributed by atoms with Gasteiger partial charge >= 0.3 is 12.1 Å². The lowest BCUT2D eigenvalue weighted by Crippen LogP contribution is -2.47. The fourth-order valence-electron chi connectivity index (χ4n) is 4.40. The lowest BCUT2D eigenvalue weighted by molar-refractivity contribution is -0.145. The van der Waals surface area contributed by atoms with Gasteiger partial charge in [-0.3, -0.25) is 4.79 Å². The van der Waals surface area contributed by atoms with E-state index in [1.165, 1.54) is 10.9 Å². The number of aromatic amines is 1. The van der Waals surface area contributed by atoms with E-state index in [2.05, 4.69) is 27.8 Å². The van der Waals surface area contributed by atoms with E-state index in [9.17, 15) is 9.59 Å². The third kappa shape index (κ3) is 5.97. The van der Waals surface area contributed by atoms with Gasteiger partial charge in [0, 0.05) is 23.0 Å². The number of carbonyl (C=O) groups excluding carboxylic acids is 2. The van der Waals surface area contributed by atoms with E-state index in [1.807, 2.05) is 56.3 Å². The minimum Gasteiger partial charge on any atom is -0.465 e. The largest absolute Gasteiger partial charge is 0.465 e. The van der Waals surface area contributed by atoms with E-state index in [0.29, 0.717) is 13.0 Å². The molecule has 4 rings (SSSR count). The van der Waals surface area contributed by atoms with Crippen LogP contribution in [0, 0.1) is 5.92 Å². The van der Waals surface area contributed by atoms with Crippen LogP contribution >= 0.6 is 0 Å². The number of esters is 1. The van der Waals surface area contributed by atoms with Gasteiger partial charge in [0.25, 0.3) is 0 Å². The van der Waals surface area contributed by atoms with E-state index in [1.54, 1.807) is 0 Å². The van der Waals surface area contributed by atoms with E-state index in [-0.39, 0.29) is 37.0 Å². The molecule has 0 aliphatic carbocycles. The molecule has 0 spiro atoms. The highest BCUT2D eigenvalue weighted by atomic mass is 16.5. The SMILES string of the molecule is CC(C)COC(=O)CC[C@H](NC(=O)OCc1ccccc1)[C@H]1NCCc2c1[nH]c1ccccc21. The summed E-state index contributed by atoms with van der Waals surface area (Å²) < 4.78 is 10.8. The lowest BCUT2D eigenvalue weighted by atomic mass is 9.92. The maximum atomic E-state index is 12.7. The summed E-state index contributed by atoms with van der Waals surface area (Å²) in [5.41, 5.74) is 4.30. The van der Waals surface area contributed by atoms with Crippen molar-refractivity contribution >= 4 is 23.0 Å². The Kier molecular flexibility index (Phi) is 7.85. The molecule has 0 fully saturated rings. The molecule has 0 unspecified atom stereocenters. The van der Waals surface area contributed by atoms with Crippen molar-refractivity contribution in [2.24, 2.45) is 5.92 Å². The number of aromatic nitrogens is 1. The molecule has 7 nitrogen and oxygen atoms in total. The molecule has 1 aliphatic heterocycles. The first kappa shape index (κ1) is 23.8. The Labute approximate surface area is 200 Å². The number of amides is 1. The van der Waals surface area contributed by atoms with Crippen LogP contribution in [-0.4, -0.2) is 36.2 Å². The van der Waals surface area contributed by atoms with Gasteiger partial charge in [0.1, 0.15) is 6.61 Å². The Bertz CT molecular complexity index is 1110. The molecular formula is C27H33N3O4. The molecule has 2 atom stereocenters. The molecule has 34 heavy (non-hydrogen) atoms. The zero-order chi connectivity index (χ0) is 23.9. The summed E-state index contributed by atoms with van der Waals surface area (Å²) in [6.07, 6.45) is 1.04. The standard InChI is InChI=1S/C27H33N3O4/c1-18(2)16-33-24(31)13-12-23(30-27(32)34-17-19-8-4-3-5-9-19)26-25-21(14-15-28-26)20-10-6-7-11-22(20)29-25/h3-11,18,23,26,28-29H,12-17H2,1-2H3,(H,30,32)/t23-,26+/m0/s1. The Morgan fingerprint density at radius 3 is 2.62 bits per heavy atom. The molecule has 3 aromatic rings. The van der Waals surface area contributed by atoms with Crippen molar-refractivity contribution in [1.29, 1.82) is 0 Å². The second-order valence-corrected chi connectivity index (χ2v) is 9.17. The molecule has 7 heteroatoms. The van der Waals surface area contributed by atoms with Crippen LogP contribution in [0.15, 0.2) is 54.6 Å². The summed E-state index contributed by atoms with van der Waals surface area (Å²) in [4.78, 5) is 28.6. The first-order valence-electron chi connectivity index (χ1n) is 12.0. The zero-order valence-corrected chi connectivity index (χ0v) is 19.8. The van der Waals surface area contributed by atoms with E-state index >= 15 is 0 Å². The van der Waals surface area contributed by atoms with Gasteiger partial charge in [0.05, 0.1) is 18.7 Å². The van der Waals surface area contributed by atoms with Crippen LogP contribution < -0.4 is 10.6 Å². The Balaban J connectivity index is 1.49. The van der Waals surface area contributed by atoms with Crippen molar-refractivity contribution in [3.05, 3.63) is 71.4 Å². The molecule has 0 saturated heterocycles. The fraction of sp³-hybridized carbons (Fsp3) is 0.407. The van der Waals surface area contributed by atoms with Gasteiger partial charge in [-0.25, -0.2) is 4.79 Å². The third-order valence-electron chi connectivity index (χ3n) is 6.05. The summed E-state index contributed by atoms with van der Waals surface area (Å²) in [5, 5.41) is 7.75. The summed E-state index contributed by atoms with van der Waals surface area (Å²) in [7, 11) is 0. The van der Waals surface area contributed by atoms with Gasteiger partial charge in [-0.1, -0.05) is 62.4 Å². The van der Waals surface area contributed by atoms with Crippen molar-refractivity contribution in [2.45, 2.75) is 51.8 Å². The average molecular weight is 464 g/mol. The van der Waals surface area contributed by atoms with Crippen molar-refractivity contribution in [2.75, 3.05) is 13.2 Å². The number of H-pyrrole nitrogens is 1. The van der Waals surface area contributed by atoms with Crippen LogP contribution in [-0.2, 0) is 27.3 Å². The highest BCUT2D eigenvalue weighted by molar-refractivity contribution is 5.85. The molecule has 180 valence electrons. The summed E-state index contributed by atoms with van der Waals surface area (Å²) >= 11 is 0. The number of para-hydroxylation sites is 1. The summed E-state index contributed by atoms with van der Waals surface area (Å²) in [6, 6.07) is 17.3. The quantitative estimate of drug-likeness (QED) is 0.403. The molecule has 0 radical (unpaired) electrons. The first-order valence-corrected chi connectivity index (χ1v) is 12.0. The predicted octanol–water partition coefficient (Wildman–Crippen LogP) is 4.63. The number of hydrogen-bond acceptors (Lipinski definition) is 5. The Morgan fingerprint density at radius 1 is 1.06 bits per heavy atom. The van der Waals surface area contributed by atoms with Gasteiger partial charge in [-0.15, -0.1) is 0 Å². The van der Waals surface area contributed by atoms with Crippen LogP contribution in [0.25, 0.3) is 10.9 Å². The fourth-order valence-corrected chi connectivity index (χ4v) is 4.40. The number of alkyl carbamates (subject to hydrolysis) is 1. The molecule has 1 amide bonds. The number of carbonyl (C=O) groups is 2. The second-order valence-electron chi connectivity index (χ2n) is 9.17. The molecule has 3 N–H and O–H groups in total. The number of rotatable bonds is 9. The molecule has 1 aliphatic rings. The highest BCUT2D eigenvalue weighted by Gasteiger charge is 2.32. The lowest BCUT2D eigenvalue weighted by Gasteiger charge is -2.32. The van der Waals surface area contributed by atoms with Gasteiger partial charge in [-0.05, 0) is 42.5 Å². The summed E-state index contributed by atoms with van der Waals surface area (Å²) in [6.45, 7) is 5.37. The molecule has 0 saturated carbocycles. The second kappa shape index (κ2) is 11.2. The molecule has 1 aromatic heterocycles.